The number of benzene rings is 2. The quantitative estimate of drug-likeness (QED) is 0.377. The molecule has 2 aliphatic rings. The van der Waals surface area contributed by atoms with Gasteiger partial charge in [0.2, 0.25) is 5.13 Å². The molecule has 1 fully saturated rings. The van der Waals surface area contributed by atoms with Gasteiger partial charge in [0, 0.05) is 11.3 Å². The number of esters is 1. The molecule has 8 heteroatoms. The van der Waals surface area contributed by atoms with Crippen molar-refractivity contribution in [3.8, 4) is 0 Å². The maximum Gasteiger partial charge on any atom is 0.311 e. The second-order valence-corrected chi connectivity index (χ2v) is 9.49. The first-order valence-electron chi connectivity index (χ1n) is 11.7. The number of fused-ring (bicyclic) bond motifs is 1. The molecule has 1 aromatic heterocycles. The molecule has 0 saturated heterocycles. The Balaban J connectivity index is 1.52. The Labute approximate surface area is 206 Å². The molecule has 3 aromatic rings. The van der Waals surface area contributed by atoms with Crippen LogP contribution >= 0.6 is 11.3 Å². The summed E-state index contributed by atoms with van der Waals surface area (Å²) in [6.07, 6.45) is 4.99. The van der Waals surface area contributed by atoms with E-state index in [0.29, 0.717) is 17.4 Å². The van der Waals surface area contributed by atoms with Gasteiger partial charge < -0.3 is 4.74 Å². The highest BCUT2D eigenvalue weighted by Gasteiger charge is 2.42. The van der Waals surface area contributed by atoms with E-state index in [0.717, 1.165) is 41.7 Å². The van der Waals surface area contributed by atoms with Crippen LogP contribution in [0, 0.1) is 17.6 Å². The van der Waals surface area contributed by atoms with Crippen LogP contribution in [-0.2, 0) is 16.0 Å². The molecule has 2 heterocycles. The Bertz CT molecular complexity index is 1270. The molecule has 2 atom stereocenters. The van der Waals surface area contributed by atoms with E-state index in [1.165, 1.54) is 35.6 Å². The van der Waals surface area contributed by atoms with Crippen LogP contribution in [0.1, 0.15) is 49.0 Å². The normalized spacial score (nSPS) is 20.6. The van der Waals surface area contributed by atoms with Gasteiger partial charge in [-0.15, -0.1) is 11.3 Å². The number of aromatic nitrogens is 1. The lowest BCUT2D eigenvalue weighted by atomic mass is 9.77. The summed E-state index contributed by atoms with van der Waals surface area (Å²) in [6.45, 7) is 2.10. The summed E-state index contributed by atoms with van der Waals surface area (Å²) in [6, 6.07) is 12.8. The fraction of sp³-hybridized carbons (Fsp3) is 0.296. The maximum atomic E-state index is 13.7. The number of carbonyl (C=O) groups excluding carboxylic acids is 1. The number of nitrogens with zero attached hydrogens (tertiary/aromatic N) is 3. The Morgan fingerprint density at radius 3 is 2.57 bits per heavy atom. The van der Waals surface area contributed by atoms with E-state index in [2.05, 4.69) is 11.1 Å². The first-order valence-corrected chi connectivity index (χ1v) is 12.6. The van der Waals surface area contributed by atoms with Gasteiger partial charge in [0.1, 0.15) is 11.6 Å². The van der Waals surface area contributed by atoms with Gasteiger partial charge in [-0.3, -0.25) is 4.79 Å². The number of rotatable bonds is 6. The van der Waals surface area contributed by atoms with Crippen molar-refractivity contribution in [3.63, 3.8) is 0 Å². The lowest BCUT2D eigenvalue weighted by Gasteiger charge is -2.29. The molecule has 0 radical (unpaired) electrons. The smallest absolute Gasteiger partial charge is 0.311 e. The second-order valence-electron chi connectivity index (χ2n) is 8.65. The van der Waals surface area contributed by atoms with E-state index < -0.39 is 0 Å². The fourth-order valence-corrected chi connectivity index (χ4v) is 5.56. The number of allylic oxidation sites excluding steroid dienone is 1. The Morgan fingerprint density at radius 1 is 1.14 bits per heavy atom. The minimum absolute atomic E-state index is 0.106. The summed E-state index contributed by atoms with van der Waals surface area (Å²) in [7, 11) is 0. The Kier molecular flexibility index (Phi) is 6.72. The number of ether oxygens (including phenoxy) is 1. The second kappa shape index (κ2) is 10.1. The highest BCUT2D eigenvalue weighted by molar-refractivity contribution is 7.13. The van der Waals surface area contributed by atoms with Crippen molar-refractivity contribution < 1.29 is 18.3 Å². The molecular weight excluding hydrogens is 468 g/mol. The van der Waals surface area contributed by atoms with Crippen LogP contribution in [0.3, 0.4) is 0 Å². The molecule has 1 saturated carbocycles. The number of thiazole rings is 1. The van der Waals surface area contributed by atoms with Crippen LogP contribution in [0.5, 0.6) is 0 Å². The van der Waals surface area contributed by atoms with Crippen LogP contribution in [0.15, 0.2) is 64.6 Å². The van der Waals surface area contributed by atoms with E-state index in [1.54, 1.807) is 31.2 Å². The number of halogens is 2. The molecule has 35 heavy (non-hydrogen) atoms. The van der Waals surface area contributed by atoms with Gasteiger partial charge >= 0.3 is 5.97 Å². The highest BCUT2D eigenvalue weighted by atomic mass is 32.1. The van der Waals surface area contributed by atoms with Crippen molar-refractivity contribution in [2.45, 2.75) is 38.6 Å². The summed E-state index contributed by atoms with van der Waals surface area (Å²) in [5.74, 6) is -0.758. The van der Waals surface area contributed by atoms with E-state index >= 15 is 0 Å². The third-order valence-electron chi connectivity index (χ3n) is 6.29. The monoisotopic (exact) mass is 493 g/mol. The van der Waals surface area contributed by atoms with Crippen molar-refractivity contribution >= 4 is 34.2 Å². The molecule has 0 bridgehead atoms. The van der Waals surface area contributed by atoms with Crippen molar-refractivity contribution in [3.05, 3.63) is 87.9 Å². The summed E-state index contributed by atoms with van der Waals surface area (Å²) in [5, 5.41) is 9.48. The standard InChI is InChI=1S/C27H25F2N3O2S/c1-2-34-24(33)15-22-16-35-27(30-22)32-26(18-8-12-21(29)13-9-18)23-5-3-4-19(25(23)31-32)14-17-6-10-20(28)11-7-17/h6-14,16,23,26H,2-5,15H2,1H3. The van der Waals surface area contributed by atoms with Gasteiger partial charge in [0.25, 0.3) is 0 Å². The van der Waals surface area contributed by atoms with Gasteiger partial charge in [-0.1, -0.05) is 24.3 Å². The molecule has 1 aliphatic heterocycles. The number of hydrogen-bond donors (Lipinski definition) is 0. The van der Waals surface area contributed by atoms with Gasteiger partial charge in [-0.05, 0) is 73.2 Å². The number of anilines is 1. The van der Waals surface area contributed by atoms with Gasteiger partial charge in [0.15, 0.2) is 0 Å². The predicted octanol–water partition coefficient (Wildman–Crippen LogP) is 6.33. The largest absolute Gasteiger partial charge is 0.466 e. The molecule has 180 valence electrons. The minimum Gasteiger partial charge on any atom is -0.466 e. The summed E-state index contributed by atoms with van der Waals surface area (Å²) >= 11 is 1.43. The summed E-state index contributed by atoms with van der Waals surface area (Å²) in [4.78, 5) is 16.6. The van der Waals surface area contributed by atoms with E-state index in [9.17, 15) is 13.6 Å². The Hall–Kier alpha value is -3.39. The van der Waals surface area contributed by atoms with Gasteiger partial charge in [-0.25, -0.2) is 18.8 Å². The van der Waals surface area contributed by atoms with Crippen LogP contribution in [0.25, 0.3) is 6.08 Å². The summed E-state index contributed by atoms with van der Waals surface area (Å²) < 4.78 is 32.2. The topological polar surface area (TPSA) is 54.8 Å². The highest BCUT2D eigenvalue weighted by Crippen LogP contribution is 2.46. The fourth-order valence-electron chi connectivity index (χ4n) is 4.75. The molecule has 1 aliphatic carbocycles. The van der Waals surface area contributed by atoms with Crippen LogP contribution in [0.2, 0.25) is 0 Å². The van der Waals surface area contributed by atoms with Gasteiger partial charge in [0.05, 0.1) is 30.5 Å². The average Bonchev–Trinajstić information content (AvgIpc) is 3.46. The lowest BCUT2D eigenvalue weighted by Crippen LogP contribution is -2.28. The van der Waals surface area contributed by atoms with Crippen LogP contribution < -0.4 is 5.01 Å². The van der Waals surface area contributed by atoms with Crippen LogP contribution in [0.4, 0.5) is 13.9 Å². The summed E-state index contributed by atoms with van der Waals surface area (Å²) in [5.41, 5.74) is 4.62. The van der Waals surface area contributed by atoms with E-state index in [1.807, 2.05) is 10.4 Å². The lowest BCUT2D eigenvalue weighted by molar-refractivity contribution is -0.142. The number of hydrogen-bond acceptors (Lipinski definition) is 6. The number of carbonyl (C=O) groups is 1. The molecule has 0 spiro atoms. The zero-order chi connectivity index (χ0) is 24.4. The Morgan fingerprint density at radius 2 is 1.86 bits per heavy atom. The van der Waals surface area contributed by atoms with Gasteiger partial charge in [-0.2, -0.15) is 5.10 Å². The number of hydrazone groups is 1. The zero-order valence-corrected chi connectivity index (χ0v) is 20.1. The molecule has 5 nitrogen and oxygen atoms in total. The average molecular weight is 494 g/mol. The molecular formula is C27H25F2N3O2S. The molecule has 5 rings (SSSR count). The molecule has 0 N–H and O–H groups in total. The molecule has 2 aromatic carbocycles. The SMILES string of the molecule is CCOC(=O)Cc1csc(N2N=C3C(=Cc4ccc(F)cc4)CCCC3C2c2ccc(F)cc2)n1. The van der Waals surface area contributed by atoms with E-state index in [-0.39, 0.29) is 36.0 Å². The maximum absolute atomic E-state index is 13.7. The first-order chi connectivity index (χ1) is 17.0. The van der Waals surface area contributed by atoms with Crippen molar-refractivity contribution in [1.82, 2.24) is 4.98 Å². The first kappa shape index (κ1) is 23.4. The van der Waals surface area contributed by atoms with Crippen LogP contribution in [-0.4, -0.2) is 23.3 Å². The zero-order valence-electron chi connectivity index (χ0n) is 19.3. The van der Waals surface area contributed by atoms with Crippen molar-refractivity contribution in [2.24, 2.45) is 11.0 Å². The van der Waals surface area contributed by atoms with Crippen molar-refractivity contribution in [1.29, 1.82) is 0 Å². The predicted molar refractivity (Wildman–Crippen MR) is 133 cm³/mol. The third kappa shape index (κ3) is 5.03. The molecule has 0 amide bonds. The molecule has 2 unspecified atom stereocenters. The van der Waals surface area contributed by atoms with Crippen molar-refractivity contribution in [2.75, 3.05) is 11.6 Å². The van der Waals surface area contributed by atoms with E-state index in [4.69, 9.17) is 9.84 Å². The minimum atomic E-state index is -0.314. The third-order valence-corrected chi connectivity index (χ3v) is 7.17.